The van der Waals surface area contributed by atoms with Crippen molar-refractivity contribution in [3.05, 3.63) is 216 Å². The van der Waals surface area contributed by atoms with Gasteiger partial charge in [-0.15, -0.1) is 0 Å². The van der Waals surface area contributed by atoms with E-state index in [1.807, 2.05) is 0 Å². The highest BCUT2D eigenvalue weighted by Crippen LogP contribution is 2.50. The summed E-state index contributed by atoms with van der Waals surface area (Å²) in [6.45, 7) is 9.28. The van der Waals surface area contributed by atoms with Crippen LogP contribution in [0.2, 0.25) is 0 Å². The first-order valence-electron chi connectivity index (χ1n) is 21.4. The number of aryl methyl sites for hydroxylation is 1. The molecule has 12 rings (SSSR count). The molecule has 0 atom stereocenters. The van der Waals surface area contributed by atoms with Gasteiger partial charge in [-0.3, -0.25) is 0 Å². The molecule has 2 heteroatoms. The molecule has 2 aromatic heterocycles. The maximum absolute atomic E-state index is 2.49. The summed E-state index contributed by atoms with van der Waals surface area (Å²) in [5.41, 5.74) is 22.6. The number of hydrogen-bond donors (Lipinski definition) is 0. The molecule has 9 aromatic carbocycles. The molecule has 0 amide bonds. The Morgan fingerprint density at radius 3 is 1.51 bits per heavy atom. The number of aromatic nitrogens is 2. The molecule has 1 aliphatic rings. The van der Waals surface area contributed by atoms with Gasteiger partial charge in [-0.2, -0.15) is 0 Å². The largest absolute Gasteiger partial charge is 0.309 e. The Labute approximate surface area is 356 Å². The Morgan fingerprint density at radius 1 is 0.328 bits per heavy atom. The molecule has 2 heterocycles. The first kappa shape index (κ1) is 35.5. The van der Waals surface area contributed by atoms with Crippen LogP contribution in [0.25, 0.3) is 99.5 Å². The van der Waals surface area contributed by atoms with E-state index in [-0.39, 0.29) is 5.41 Å². The molecule has 0 fully saturated rings. The van der Waals surface area contributed by atoms with Crippen LogP contribution in [0.5, 0.6) is 0 Å². The van der Waals surface area contributed by atoms with Crippen molar-refractivity contribution in [1.29, 1.82) is 0 Å². The summed E-state index contributed by atoms with van der Waals surface area (Å²) in [6, 6.07) is 72.2. The maximum atomic E-state index is 2.49. The van der Waals surface area contributed by atoms with Crippen molar-refractivity contribution >= 4 is 43.6 Å². The van der Waals surface area contributed by atoms with E-state index in [2.05, 4.69) is 231 Å². The lowest BCUT2D eigenvalue weighted by molar-refractivity contribution is 0.660. The second kappa shape index (κ2) is 13.3. The lowest BCUT2D eigenvalue weighted by atomic mass is 9.81. The first-order valence-corrected chi connectivity index (χ1v) is 21.4. The fraction of sp³-hybridized carbons (Fsp3) is 0.0847. The van der Waals surface area contributed by atoms with Crippen molar-refractivity contribution in [3.8, 4) is 55.9 Å². The standard InChI is InChI=1S/C59H44N2/c1-37-16-8-9-19-44(37)50-36-43(35-49(38(50)2)41-26-29-46-45-20-10-13-23-53(45)59(3,4)54(46)34-41)61-56-25-15-12-22-48(56)52-33-40(28-31-58(52)61)39-27-30-57-51(32-39)47-21-11-14-24-55(47)60(57)42-17-6-5-7-18-42/h5-36H,1-4H3. The van der Waals surface area contributed by atoms with Crippen molar-refractivity contribution in [2.45, 2.75) is 33.1 Å². The zero-order chi connectivity index (χ0) is 41.0. The first-order chi connectivity index (χ1) is 29.8. The second-order valence-corrected chi connectivity index (χ2v) is 17.4. The van der Waals surface area contributed by atoms with Crippen LogP contribution in [-0.2, 0) is 5.41 Å². The molecule has 0 spiro atoms. The van der Waals surface area contributed by atoms with Crippen LogP contribution in [0.15, 0.2) is 194 Å². The zero-order valence-corrected chi connectivity index (χ0v) is 34.9. The highest BCUT2D eigenvalue weighted by atomic mass is 15.0. The quantitative estimate of drug-likeness (QED) is 0.165. The van der Waals surface area contributed by atoms with Gasteiger partial charge in [0.05, 0.1) is 22.1 Å². The van der Waals surface area contributed by atoms with Crippen LogP contribution in [-0.4, -0.2) is 9.13 Å². The van der Waals surface area contributed by atoms with Crippen molar-refractivity contribution in [1.82, 2.24) is 9.13 Å². The van der Waals surface area contributed by atoms with Crippen molar-refractivity contribution in [2.24, 2.45) is 0 Å². The van der Waals surface area contributed by atoms with Gasteiger partial charge in [0.25, 0.3) is 0 Å². The molecule has 1 aliphatic carbocycles. The number of nitrogens with zero attached hydrogens (tertiary/aromatic N) is 2. The molecule has 290 valence electrons. The van der Waals surface area contributed by atoms with Crippen LogP contribution in [0.1, 0.15) is 36.1 Å². The number of rotatable bonds is 5. The summed E-state index contributed by atoms with van der Waals surface area (Å²) in [5, 5.41) is 5.01. The molecule has 0 N–H and O–H groups in total. The van der Waals surface area contributed by atoms with Crippen molar-refractivity contribution < 1.29 is 0 Å². The Morgan fingerprint density at radius 2 is 0.836 bits per heavy atom. The van der Waals surface area contributed by atoms with Crippen LogP contribution in [0.3, 0.4) is 0 Å². The summed E-state index contributed by atoms with van der Waals surface area (Å²) in [6.07, 6.45) is 0. The average molecular weight is 781 g/mol. The lowest BCUT2D eigenvalue weighted by Gasteiger charge is -2.23. The minimum absolute atomic E-state index is 0.0830. The summed E-state index contributed by atoms with van der Waals surface area (Å²) in [4.78, 5) is 0. The third-order valence-corrected chi connectivity index (χ3v) is 13.7. The predicted molar refractivity (Wildman–Crippen MR) is 258 cm³/mol. The fourth-order valence-electron chi connectivity index (χ4n) is 10.6. The normalized spacial score (nSPS) is 13.0. The number of fused-ring (bicyclic) bond motifs is 9. The highest BCUT2D eigenvalue weighted by Gasteiger charge is 2.35. The summed E-state index contributed by atoms with van der Waals surface area (Å²) in [5.74, 6) is 0. The van der Waals surface area contributed by atoms with E-state index in [4.69, 9.17) is 0 Å². The van der Waals surface area contributed by atoms with Gasteiger partial charge in [-0.25, -0.2) is 0 Å². The highest BCUT2D eigenvalue weighted by molar-refractivity contribution is 6.13. The second-order valence-electron chi connectivity index (χ2n) is 17.4. The molecule has 0 unspecified atom stereocenters. The number of hydrogen-bond acceptors (Lipinski definition) is 0. The van der Waals surface area contributed by atoms with Gasteiger partial charge in [0.2, 0.25) is 0 Å². The molecule has 2 nitrogen and oxygen atoms in total. The van der Waals surface area contributed by atoms with Crippen LogP contribution >= 0.6 is 0 Å². The van der Waals surface area contributed by atoms with Crippen molar-refractivity contribution in [3.63, 3.8) is 0 Å². The Hall–Kier alpha value is -7.42. The van der Waals surface area contributed by atoms with E-state index >= 15 is 0 Å². The zero-order valence-electron chi connectivity index (χ0n) is 34.9. The van der Waals surface area contributed by atoms with E-state index < -0.39 is 0 Å². The Kier molecular flexibility index (Phi) is 7.74. The SMILES string of the molecule is Cc1ccccc1-c1cc(-n2c3ccccc3c3cc(-c4ccc5c(c4)c4ccccc4n5-c4ccccc4)ccc32)cc(-c2ccc3c(c2)C(C)(C)c2ccccc2-3)c1C. The monoisotopic (exact) mass is 780 g/mol. The van der Waals surface area contributed by atoms with Gasteiger partial charge < -0.3 is 9.13 Å². The van der Waals surface area contributed by atoms with Gasteiger partial charge >= 0.3 is 0 Å². The maximum Gasteiger partial charge on any atom is 0.0541 e. The molecular formula is C59H44N2. The Bertz CT molecular complexity index is 3580. The Balaban J connectivity index is 1.06. The molecular weight excluding hydrogens is 737 g/mol. The van der Waals surface area contributed by atoms with Gasteiger partial charge in [-0.05, 0) is 147 Å². The van der Waals surface area contributed by atoms with E-state index in [1.54, 1.807) is 0 Å². The lowest BCUT2D eigenvalue weighted by Crippen LogP contribution is -2.14. The average Bonchev–Trinajstić information content (AvgIpc) is 3.89. The van der Waals surface area contributed by atoms with Crippen LogP contribution < -0.4 is 0 Å². The molecule has 11 aromatic rings. The van der Waals surface area contributed by atoms with E-state index in [1.165, 1.54) is 116 Å². The summed E-state index contributed by atoms with van der Waals surface area (Å²) < 4.78 is 4.87. The molecule has 0 saturated heterocycles. The molecule has 0 radical (unpaired) electrons. The molecule has 0 saturated carbocycles. The predicted octanol–water partition coefficient (Wildman–Crippen LogP) is 15.8. The van der Waals surface area contributed by atoms with E-state index in [0.29, 0.717) is 0 Å². The van der Waals surface area contributed by atoms with Crippen LogP contribution in [0.4, 0.5) is 0 Å². The van der Waals surface area contributed by atoms with Crippen LogP contribution in [0, 0.1) is 13.8 Å². The smallest absolute Gasteiger partial charge is 0.0541 e. The van der Waals surface area contributed by atoms with E-state index in [0.717, 1.165) is 5.69 Å². The molecule has 0 bridgehead atoms. The van der Waals surface area contributed by atoms with Gasteiger partial charge in [-0.1, -0.05) is 141 Å². The fourth-order valence-corrected chi connectivity index (χ4v) is 10.6. The van der Waals surface area contributed by atoms with Gasteiger partial charge in [0, 0.05) is 38.3 Å². The summed E-state index contributed by atoms with van der Waals surface area (Å²) in [7, 11) is 0. The minimum Gasteiger partial charge on any atom is -0.309 e. The summed E-state index contributed by atoms with van der Waals surface area (Å²) >= 11 is 0. The molecule has 0 aliphatic heterocycles. The molecule has 61 heavy (non-hydrogen) atoms. The topological polar surface area (TPSA) is 9.86 Å². The number of benzene rings is 9. The third-order valence-electron chi connectivity index (χ3n) is 13.7. The van der Waals surface area contributed by atoms with E-state index in [9.17, 15) is 0 Å². The van der Waals surface area contributed by atoms with Gasteiger partial charge in [0.15, 0.2) is 0 Å². The minimum atomic E-state index is -0.0830. The third kappa shape index (κ3) is 5.28. The number of para-hydroxylation sites is 3. The van der Waals surface area contributed by atoms with Gasteiger partial charge in [0.1, 0.15) is 0 Å². The van der Waals surface area contributed by atoms with Crippen molar-refractivity contribution in [2.75, 3.05) is 0 Å².